The van der Waals surface area contributed by atoms with E-state index in [0.717, 1.165) is 0 Å². The fraction of sp³-hybridized carbons (Fsp3) is 0. The van der Waals surface area contributed by atoms with E-state index >= 15 is 0 Å². The van der Waals surface area contributed by atoms with Gasteiger partial charge in [-0.2, -0.15) is 0 Å². The third-order valence-corrected chi connectivity index (χ3v) is 2.35. The second kappa shape index (κ2) is 4.04. The van der Waals surface area contributed by atoms with Crippen LogP contribution in [0.3, 0.4) is 0 Å². The van der Waals surface area contributed by atoms with Crippen molar-refractivity contribution in [2.75, 3.05) is 0 Å². The van der Waals surface area contributed by atoms with Crippen LogP contribution in [0.2, 0.25) is 5.02 Å². The summed E-state index contributed by atoms with van der Waals surface area (Å²) < 4.78 is 13.5. The van der Waals surface area contributed by atoms with E-state index in [4.69, 9.17) is 17.4 Å². The maximum absolute atomic E-state index is 13.2. The van der Waals surface area contributed by atoms with Crippen molar-refractivity contribution in [3.05, 3.63) is 33.0 Å². The van der Waals surface area contributed by atoms with Crippen LogP contribution < -0.4 is 11.3 Å². The lowest BCUT2D eigenvalue weighted by Gasteiger charge is -2.04. The Bertz CT molecular complexity index is 359. The summed E-state index contributed by atoms with van der Waals surface area (Å²) in [4.78, 5) is 11.0. The van der Waals surface area contributed by atoms with Crippen molar-refractivity contribution in [3.8, 4) is 0 Å². The van der Waals surface area contributed by atoms with E-state index in [1.54, 1.807) is 0 Å². The first kappa shape index (κ1) is 10.4. The second-order valence-corrected chi connectivity index (χ2v) is 3.45. The van der Waals surface area contributed by atoms with Crippen LogP contribution in [-0.4, -0.2) is 5.91 Å². The van der Waals surface area contributed by atoms with Gasteiger partial charge >= 0.3 is 0 Å². The zero-order valence-corrected chi connectivity index (χ0v) is 8.62. The van der Waals surface area contributed by atoms with Gasteiger partial charge in [0.2, 0.25) is 0 Å². The van der Waals surface area contributed by atoms with Crippen LogP contribution in [0.4, 0.5) is 4.39 Å². The molecular formula is C7H5BrClFN2O. The molecule has 1 aromatic rings. The van der Waals surface area contributed by atoms with Gasteiger partial charge < -0.3 is 0 Å². The smallest absolute Gasteiger partial charge is 0.269 e. The molecular weight excluding hydrogens is 262 g/mol. The molecule has 3 N–H and O–H groups in total. The molecule has 13 heavy (non-hydrogen) atoms. The van der Waals surface area contributed by atoms with Gasteiger partial charge in [-0.05, 0) is 28.1 Å². The zero-order valence-electron chi connectivity index (χ0n) is 6.27. The molecule has 70 valence electrons. The highest BCUT2D eigenvalue weighted by Crippen LogP contribution is 2.25. The van der Waals surface area contributed by atoms with Crippen LogP contribution in [-0.2, 0) is 0 Å². The van der Waals surface area contributed by atoms with Gasteiger partial charge in [-0.1, -0.05) is 11.6 Å². The third-order valence-electron chi connectivity index (χ3n) is 1.40. The SMILES string of the molecule is NNC(=O)c1c(Br)ccc(Cl)c1F. The summed E-state index contributed by atoms with van der Waals surface area (Å²) in [5.41, 5.74) is 1.62. The highest BCUT2D eigenvalue weighted by Gasteiger charge is 2.16. The van der Waals surface area contributed by atoms with Crippen LogP contribution in [0.1, 0.15) is 10.4 Å². The van der Waals surface area contributed by atoms with E-state index in [1.807, 2.05) is 5.43 Å². The van der Waals surface area contributed by atoms with E-state index in [1.165, 1.54) is 12.1 Å². The lowest BCUT2D eigenvalue weighted by atomic mass is 10.2. The minimum absolute atomic E-state index is 0.123. The summed E-state index contributed by atoms with van der Waals surface area (Å²) in [6, 6.07) is 2.81. The van der Waals surface area contributed by atoms with Crippen LogP contribution in [0.15, 0.2) is 16.6 Å². The van der Waals surface area contributed by atoms with Gasteiger partial charge in [-0.25, -0.2) is 10.2 Å². The number of halogens is 3. The van der Waals surface area contributed by atoms with Crippen LogP contribution in [0.25, 0.3) is 0 Å². The molecule has 0 bridgehead atoms. The van der Waals surface area contributed by atoms with Crippen molar-refractivity contribution >= 4 is 33.4 Å². The molecule has 3 nitrogen and oxygen atoms in total. The van der Waals surface area contributed by atoms with E-state index in [0.29, 0.717) is 4.47 Å². The van der Waals surface area contributed by atoms with Gasteiger partial charge in [0.15, 0.2) is 5.82 Å². The Hall–Kier alpha value is -0.650. The molecule has 0 aliphatic heterocycles. The first-order chi connectivity index (χ1) is 6.07. The quantitative estimate of drug-likeness (QED) is 0.353. The molecule has 0 aromatic heterocycles. The number of nitrogens with one attached hydrogen (secondary N) is 1. The summed E-state index contributed by atoms with van der Waals surface area (Å²) in [6.45, 7) is 0. The Kier molecular flexibility index (Phi) is 3.24. The van der Waals surface area contributed by atoms with Gasteiger partial charge in [-0.3, -0.25) is 10.2 Å². The predicted octanol–water partition coefficient (Wildman–Crippen LogP) is 1.85. The van der Waals surface area contributed by atoms with E-state index in [9.17, 15) is 9.18 Å². The van der Waals surface area contributed by atoms with Gasteiger partial charge in [0.05, 0.1) is 10.6 Å². The molecule has 1 amide bonds. The molecule has 0 fully saturated rings. The van der Waals surface area contributed by atoms with E-state index in [2.05, 4.69) is 15.9 Å². The molecule has 0 unspecified atom stereocenters. The zero-order chi connectivity index (χ0) is 10.0. The topological polar surface area (TPSA) is 55.1 Å². The average Bonchev–Trinajstić information content (AvgIpc) is 2.12. The summed E-state index contributed by atoms with van der Waals surface area (Å²) in [6.07, 6.45) is 0. The fourth-order valence-electron chi connectivity index (χ4n) is 0.807. The van der Waals surface area contributed by atoms with Crippen LogP contribution in [0, 0.1) is 5.82 Å². The normalized spacial score (nSPS) is 9.85. The number of benzene rings is 1. The fourth-order valence-corrected chi connectivity index (χ4v) is 1.45. The molecule has 0 radical (unpaired) electrons. The molecule has 0 atom stereocenters. The number of hydrogen-bond acceptors (Lipinski definition) is 2. The molecule has 1 aromatic carbocycles. The standard InChI is InChI=1S/C7H5BrClFN2O/c8-3-1-2-4(9)6(10)5(3)7(13)12-11/h1-2H,11H2,(H,12,13). The number of nitrogens with two attached hydrogens (primary N) is 1. The molecule has 0 heterocycles. The summed E-state index contributed by atoms with van der Waals surface area (Å²) in [5, 5.41) is -0.123. The lowest BCUT2D eigenvalue weighted by Crippen LogP contribution is -2.31. The van der Waals surface area contributed by atoms with E-state index in [-0.39, 0.29) is 10.6 Å². The van der Waals surface area contributed by atoms with Crippen molar-refractivity contribution in [3.63, 3.8) is 0 Å². The number of nitrogen functional groups attached to an aromatic ring is 1. The van der Waals surface area contributed by atoms with Gasteiger partial charge in [-0.15, -0.1) is 0 Å². The largest absolute Gasteiger partial charge is 0.290 e. The minimum Gasteiger partial charge on any atom is -0.290 e. The molecule has 0 aliphatic rings. The molecule has 0 saturated carbocycles. The maximum atomic E-state index is 13.2. The highest BCUT2D eigenvalue weighted by molar-refractivity contribution is 9.10. The monoisotopic (exact) mass is 266 g/mol. The Morgan fingerprint density at radius 3 is 2.77 bits per heavy atom. The van der Waals surface area contributed by atoms with Crippen LogP contribution in [0.5, 0.6) is 0 Å². The molecule has 0 spiro atoms. The average molecular weight is 267 g/mol. The number of carbonyl (C=O) groups excluding carboxylic acids is 1. The predicted molar refractivity (Wildman–Crippen MR) is 50.8 cm³/mol. The van der Waals surface area contributed by atoms with Gasteiger partial charge in [0.1, 0.15) is 0 Å². The van der Waals surface area contributed by atoms with Crippen molar-refractivity contribution in [1.82, 2.24) is 5.43 Å². The van der Waals surface area contributed by atoms with Crippen molar-refractivity contribution in [2.45, 2.75) is 0 Å². The number of amides is 1. The molecule has 0 aliphatic carbocycles. The number of hydrazine groups is 1. The van der Waals surface area contributed by atoms with Crippen molar-refractivity contribution in [2.24, 2.45) is 5.84 Å². The number of hydrogen-bond donors (Lipinski definition) is 2. The van der Waals surface area contributed by atoms with Gasteiger partial charge in [0.25, 0.3) is 5.91 Å². The highest BCUT2D eigenvalue weighted by atomic mass is 79.9. The Morgan fingerprint density at radius 1 is 1.62 bits per heavy atom. The Balaban J connectivity index is 3.33. The summed E-state index contributed by atoms with van der Waals surface area (Å²) in [5.74, 6) is 3.34. The molecule has 0 saturated heterocycles. The number of rotatable bonds is 1. The summed E-state index contributed by atoms with van der Waals surface area (Å²) in [7, 11) is 0. The maximum Gasteiger partial charge on any atom is 0.269 e. The first-order valence-corrected chi connectivity index (χ1v) is 4.39. The first-order valence-electron chi connectivity index (χ1n) is 3.22. The summed E-state index contributed by atoms with van der Waals surface area (Å²) >= 11 is 8.48. The number of carbonyl (C=O) groups is 1. The minimum atomic E-state index is -0.793. The van der Waals surface area contributed by atoms with Crippen molar-refractivity contribution in [1.29, 1.82) is 0 Å². The van der Waals surface area contributed by atoms with Crippen LogP contribution >= 0.6 is 27.5 Å². The van der Waals surface area contributed by atoms with E-state index < -0.39 is 11.7 Å². The molecule has 1 rings (SSSR count). The van der Waals surface area contributed by atoms with Crippen molar-refractivity contribution < 1.29 is 9.18 Å². The Morgan fingerprint density at radius 2 is 2.23 bits per heavy atom. The lowest BCUT2D eigenvalue weighted by molar-refractivity contribution is 0.0949. The Labute approximate surface area is 87.2 Å². The third kappa shape index (κ3) is 1.99. The molecule has 6 heteroatoms. The second-order valence-electron chi connectivity index (χ2n) is 2.19. The van der Waals surface area contributed by atoms with Gasteiger partial charge in [0, 0.05) is 4.47 Å².